The van der Waals surface area contributed by atoms with Gasteiger partial charge in [-0.25, -0.2) is 4.98 Å². The number of fused-ring (bicyclic) bond motifs is 1. The molecule has 1 aromatic heterocycles. The summed E-state index contributed by atoms with van der Waals surface area (Å²) in [5, 5.41) is 13.8. The van der Waals surface area contributed by atoms with E-state index >= 15 is 0 Å². The third kappa shape index (κ3) is 4.77. The molecule has 0 aliphatic heterocycles. The first-order valence-corrected chi connectivity index (χ1v) is 9.71. The summed E-state index contributed by atoms with van der Waals surface area (Å²) in [6, 6.07) is 9.57. The van der Waals surface area contributed by atoms with Crippen LogP contribution in [0.15, 0.2) is 41.6 Å². The number of H-pyrrole nitrogens is 1. The average Bonchev–Trinajstić information content (AvgIpc) is 3.09. The van der Waals surface area contributed by atoms with E-state index in [9.17, 15) is 14.9 Å². The number of rotatable bonds is 8. The Kier molecular flexibility index (Phi) is 6.23. The predicted molar refractivity (Wildman–Crippen MR) is 111 cm³/mol. The topological polar surface area (TPSA) is 119 Å². The first-order valence-electron chi connectivity index (χ1n) is 8.83. The molecule has 0 spiro atoms. The summed E-state index contributed by atoms with van der Waals surface area (Å²) in [7, 11) is 1.43. The molecule has 0 bridgehead atoms. The second-order valence-corrected chi connectivity index (χ2v) is 7.37. The molecule has 3 aromatic rings. The third-order valence-electron chi connectivity index (χ3n) is 4.05. The Bertz CT molecular complexity index is 1050. The first kappa shape index (κ1) is 20.5. The van der Waals surface area contributed by atoms with Gasteiger partial charge in [0.2, 0.25) is 5.91 Å². The molecule has 1 atom stereocenters. The zero-order valence-electron chi connectivity index (χ0n) is 16.1. The number of amides is 1. The van der Waals surface area contributed by atoms with Crippen molar-refractivity contribution in [3.05, 3.63) is 46.5 Å². The fourth-order valence-electron chi connectivity index (χ4n) is 2.64. The molecule has 2 aromatic carbocycles. The van der Waals surface area contributed by atoms with Gasteiger partial charge in [0.25, 0.3) is 5.69 Å². The normalized spacial score (nSPS) is 11.8. The van der Waals surface area contributed by atoms with Gasteiger partial charge in [0.05, 0.1) is 40.6 Å². The van der Waals surface area contributed by atoms with Gasteiger partial charge in [0, 0.05) is 18.2 Å². The monoisotopic (exact) mass is 416 g/mol. The molecule has 10 heteroatoms. The number of aromatic nitrogens is 2. The number of aromatic amines is 1. The second kappa shape index (κ2) is 8.82. The number of hydrogen-bond acceptors (Lipinski definition) is 7. The predicted octanol–water partition coefficient (Wildman–Crippen LogP) is 4.00. The van der Waals surface area contributed by atoms with E-state index in [0.29, 0.717) is 17.5 Å². The van der Waals surface area contributed by atoms with Gasteiger partial charge in [-0.15, -0.1) is 0 Å². The average molecular weight is 416 g/mol. The quantitative estimate of drug-likeness (QED) is 0.323. The molecular formula is C19H20N4O5S. The van der Waals surface area contributed by atoms with Crippen molar-refractivity contribution in [3.8, 4) is 11.5 Å². The van der Waals surface area contributed by atoms with Gasteiger partial charge in [-0.3, -0.25) is 14.9 Å². The van der Waals surface area contributed by atoms with Crippen molar-refractivity contribution >= 4 is 40.1 Å². The minimum absolute atomic E-state index is 0.135. The zero-order valence-corrected chi connectivity index (χ0v) is 16.9. The van der Waals surface area contributed by atoms with E-state index in [2.05, 4.69) is 15.3 Å². The van der Waals surface area contributed by atoms with E-state index in [4.69, 9.17) is 9.47 Å². The Balaban J connectivity index is 1.73. The summed E-state index contributed by atoms with van der Waals surface area (Å²) in [6.07, 6.45) is 0. The number of nitro benzene ring substituents is 1. The van der Waals surface area contributed by atoms with Gasteiger partial charge in [-0.1, -0.05) is 11.8 Å². The first-order chi connectivity index (χ1) is 13.9. The minimum atomic E-state index is -0.530. The number of methoxy groups -OCH3 is 1. The van der Waals surface area contributed by atoms with Crippen LogP contribution in [0.2, 0.25) is 0 Å². The van der Waals surface area contributed by atoms with E-state index < -0.39 is 10.2 Å². The Morgan fingerprint density at radius 3 is 2.83 bits per heavy atom. The zero-order chi connectivity index (χ0) is 21.0. The molecule has 0 radical (unpaired) electrons. The molecule has 2 N–H and O–H groups in total. The highest BCUT2D eigenvalue weighted by atomic mass is 32.2. The van der Waals surface area contributed by atoms with Crippen LogP contribution in [0.3, 0.4) is 0 Å². The number of anilines is 1. The lowest BCUT2D eigenvalue weighted by molar-refractivity contribution is -0.384. The number of hydrogen-bond donors (Lipinski definition) is 2. The molecule has 0 aliphatic carbocycles. The van der Waals surface area contributed by atoms with Gasteiger partial charge < -0.3 is 19.8 Å². The van der Waals surface area contributed by atoms with Crippen LogP contribution in [0.4, 0.5) is 11.4 Å². The largest absolute Gasteiger partial charge is 0.495 e. The van der Waals surface area contributed by atoms with Gasteiger partial charge in [0.1, 0.15) is 11.5 Å². The van der Waals surface area contributed by atoms with Crippen LogP contribution in [-0.2, 0) is 4.79 Å². The fourth-order valence-corrected chi connectivity index (χ4v) is 3.46. The van der Waals surface area contributed by atoms with Crippen LogP contribution in [0, 0.1) is 10.1 Å². The van der Waals surface area contributed by atoms with E-state index in [1.54, 1.807) is 6.92 Å². The lowest BCUT2D eigenvalue weighted by atomic mass is 10.2. The van der Waals surface area contributed by atoms with E-state index in [1.165, 1.54) is 37.1 Å². The molecule has 1 heterocycles. The number of benzene rings is 2. The second-order valence-electron chi connectivity index (χ2n) is 6.04. The number of nitro groups is 1. The van der Waals surface area contributed by atoms with Crippen LogP contribution >= 0.6 is 11.8 Å². The summed E-state index contributed by atoms with van der Waals surface area (Å²) in [6.45, 7) is 4.21. The van der Waals surface area contributed by atoms with E-state index in [-0.39, 0.29) is 17.3 Å². The number of imidazole rings is 1. The van der Waals surface area contributed by atoms with Crippen LogP contribution in [0.1, 0.15) is 13.8 Å². The van der Waals surface area contributed by atoms with Crippen molar-refractivity contribution in [2.24, 2.45) is 0 Å². The van der Waals surface area contributed by atoms with Crippen LogP contribution in [0.25, 0.3) is 11.0 Å². The van der Waals surface area contributed by atoms with Crippen molar-refractivity contribution in [2.45, 2.75) is 24.3 Å². The van der Waals surface area contributed by atoms with Crippen molar-refractivity contribution in [1.82, 2.24) is 9.97 Å². The molecule has 0 saturated heterocycles. The fraction of sp³-hybridized carbons (Fsp3) is 0.263. The number of carbonyl (C=O) groups excluding carboxylic acids is 1. The molecule has 1 amide bonds. The van der Waals surface area contributed by atoms with Crippen molar-refractivity contribution in [1.29, 1.82) is 0 Å². The molecule has 29 heavy (non-hydrogen) atoms. The smallest absolute Gasteiger partial charge is 0.271 e. The Labute approximate surface area is 171 Å². The molecular weight excluding hydrogens is 396 g/mol. The van der Waals surface area contributed by atoms with E-state index in [1.807, 2.05) is 25.1 Å². The molecule has 0 fully saturated rings. The van der Waals surface area contributed by atoms with Crippen molar-refractivity contribution in [2.75, 3.05) is 19.0 Å². The molecule has 9 nitrogen and oxygen atoms in total. The number of non-ortho nitro benzene ring substituents is 1. The molecule has 3 rings (SSSR count). The Morgan fingerprint density at radius 1 is 1.34 bits per heavy atom. The Hall–Kier alpha value is -3.27. The van der Waals surface area contributed by atoms with Crippen molar-refractivity contribution < 1.29 is 19.2 Å². The maximum atomic E-state index is 12.6. The number of carbonyl (C=O) groups is 1. The lowest BCUT2D eigenvalue weighted by Gasteiger charge is -2.13. The minimum Gasteiger partial charge on any atom is -0.495 e. The van der Waals surface area contributed by atoms with Gasteiger partial charge in [-0.2, -0.15) is 0 Å². The highest BCUT2D eigenvalue weighted by molar-refractivity contribution is 8.00. The van der Waals surface area contributed by atoms with Gasteiger partial charge in [-0.05, 0) is 32.0 Å². The summed E-state index contributed by atoms with van der Waals surface area (Å²) < 4.78 is 10.7. The van der Waals surface area contributed by atoms with Crippen LogP contribution in [-0.4, -0.2) is 39.8 Å². The molecule has 1 unspecified atom stereocenters. The van der Waals surface area contributed by atoms with Crippen LogP contribution < -0.4 is 14.8 Å². The third-order valence-corrected chi connectivity index (χ3v) is 5.04. The molecule has 152 valence electrons. The molecule has 0 aliphatic rings. The summed E-state index contributed by atoms with van der Waals surface area (Å²) >= 11 is 1.25. The van der Waals surface area contributed by atoms with Gasteiger partial charge in [0.15, 0.2) is 5.16 Å². The SMILES string of the molecule is CCOc1ccc2nc(SC(C)C(=O)Nc3cc([N+](=O)[O-])ccc3OC)[nH]c2c1. The summed E-state index contributed by atoms with van der Waals surface area (Å²) in [5.74, 6) is 0.751. The lowest BCUT2D eigenvalue weighted by Crippen LogP contribution is -2.22. The van der Waals surface area contributed by atoms with Crippen molar-refractivity contribution in [3.63, 3.8) is 0 Å². The number of nitrogens with zero attached hydrogens (tertiary/aromatic N) is 2. The Morgan fingerprint density at radius 2 is 2.14 bits per heavy atom. The van der Waals surface area contributed by atoms with E-state index in [0.717, 1.165) is 16.8 Å². The summed E-state index contributed by atoms with van der Waals surface area (Å²) in [5.41, 5.74) is 1.68. The highest BCUT2D eigenvalue weighted by Crippen LogP contribution is 2.31. The highest BCUT2D eigenvalue weighted by Gasteiger charge is 2.20. The molecule has 0 saturated carbocycles. The maximum absolute atomic E-state index is 12.6. The maximum Gasteiger partial charge on any atom is 0.271 e. The standard InChI is InChI=1S/C19H20N4O5S/c1-4-28-13-6-7-14-15(10-13)22-19(21-14)29-11(2)18(24)20-16-9-12(23(25)26)5-8-17(16)27-3/h5-11H,4H2,1-3H3,(H,20,24)(H,21,22). The number of nitrogens with one attached hydrogen (secondary N) is 2. The van der Waals surface area contributed by atoms with Crippen LogP contribution in [0.5, 0.6) is 11.5 Å². The number of ether oxygens (including phenoxy) is 2. The number of thioether (sulfide) groups is 1. The van der Waals surface area contributed by atoms with Gasteiger partial charge >= 0.3 is 0 Å². The summed E-state index contributed by atoms with van der Waals surface area (Å²) in [4.78, 5) is 30.7.